The smallest absolute Gasteiger partial charge is 0.265 e. The third-order valence-electron chi connectivity index (χ3n) is 3.23. The Balaban J connectivity index is 2.08. The third kappa shape index (κ3) is 4.64. The number of carbonyl (C=O) groups excluding carboxylic acids is 1. The highest BCUT2D eigenvalue weighted by atomic mass is 79.9. The lowest BCUT2D eigenvalue weighted by Crippen LogP contribution is -2.30. The van der Waals surface area contributed by atoms with E-state index in [0.29, 0.717) is 22.9 Å². The molecule has 1 atom stereocenters. The predicted octanol–water partition coefficient (Wildman–Crippen LogP) is 4.63. The number of anilines is 1. The molecule has 2 rings (SSSR count). The number of rotatable bonds is 6. The Bertz CT molecular complexity index is 737. The molecular weight excluding hydrogens is 442 g/mol. The first-order valence-corrected chi connectivity index (χ1v) is 8.67. The predicted molar refractivity (Wildman–Crippen MR) is 100 cm³/mol. The number of amides is 1. The van der Waals surface area contributed by atoms with Gasteiger partial charge in [-0.2, -0.15) is 0 Å². The van der Waals surface area contributed by atoms with Crippen LogP contribution in [-0.2, 0) is 4.79 Å². The Hall–Kier alpha value is -1.73. The second-order valence-corrected chi connectivity index (χ2v) is 6.66. The van der Waals surface area contributed by atoms with Crippen molar-refractivity contribution in [2.45, 2.75) is 13.0 Å². The van der Waals surface area contributed by atoms with Gasteiger partial charge in [-0.25, -0.2) is 0 Å². The largest absolute Gasteiger partial charge is 0.497 e. The quantitative estimate of drug-likeness (QED) is 0.685. The molecule has 0 radical (unpaired) electrons. The molecular formula is C17H17Br2NO4. The van der Waals surface area contributed by atoms with E-state index in [2.05, 4.69) is 37.2 Å². The van der Waals surface area contributed by atoms with Crippen LogP contribution in [-0.4, -0.2) is 26.2 Å². The van der Waals surface area contributed by atoms with Crippen LogP contribution in [0.15, 0.2) is 45.3 Å². The molecule has 128 valence electrons. The van der Waals surface area contributed by atoms with Gasteiger partial charge in [-0.05, 0) is 53.2 Å². The standard InChI is InChI=1S/C17H17Br2NO4/c1-10(24-15-7-4-11(18)8-13(15)19)17(21)20-14-6-5-12(22-2)9-16(14)23-3/h4-10H,1-3H3,(H,20,21)/t10-/m1/s1. The van der Waals surface area contributed by atoms with Gasteiger partial charge in [-0.15, -0.1) is 0 Å². The molecule has 0 bridgehead atoms. The van der Waals surface area contributed by atoms with Crippen molar-refractivity contribution in [3.05, 3.63) is 45.3 Å². The Morgan fingerprint density at radius 3 is 2.42 bits per heavy atom. The molecule has 7 heteroatoms. The van der Waals surface area contributed by atoms with E-state index in [-0.39, 0.29) is 5.91 Å². The van der Waals surface area contributed by atoms with Crippen LogP contribution >= 0.6 is 31.9 Å². The molecule has 0 aliphatic heterocycles. The number of ether oxygens (including phenoxy) is 3. The zero-order valence-electron chi connectivity index (χ0n) is 13.4. The summed E-state index contributed by atoms with van der Waals surface area (Å²) in [6.07, 6.45) is -0.686. The summed E-state index contributed by atoms with van der Waals surface area (Å²) in [6.45, 7) is 1.68. The summed E-state index contributed by atoms with van der Waals surface area (Å²) in [4.78, 5) is 12.4. The van der Waals surface area contributed by atoms with Crippen molar-refractivity contribution in [3.8, 4) is 17.2 Å². The average molecular weight is 459 g/mol. The number of hydrogen-bond donors (Lipinski definition) is 1. The molecule has 1 amide bonds. The summed E-state index contributed by atoms with van der Waals surface area (Å²) >= 11 is 6.78. The molecule has 2 aromatic rings. The van der Waals surface area contributed by atoms with Gasteiger partial charge in [-0.3, -0.25) is 4.79 Å². The Morgan fingerprint density at radius 1 is 1.04 bits per heavy atom. The van der Waals surface area contributed by atoms with E-state index in [1.165, 1.54) is 7.11 Å². The van der Waals surface area contributed by atoms with E-state index in [4.69, 9.17) is 14.2 Å². The lowest BCUT2D eigenvalue weighted by Gasteiger charge is -2.17. The maximum atomic E-state index is 12.4. The van der Waals surface area contributed by atoms with E-state index >= 15 is 0 Å². The van der Waals surface area contributed by atoms with Gasteiger partial charge < -0.3 is 19.5 Å². The van der Waals surface area contributed by atoms with Crippen LogP contribution in [0.2, 0.25) is 0 Å². The van der Waals surface area contributed by atoms with Crippen LogP contribution in [0.25, 0.3) is 0 Å². The molecule has 0 saturated heterocycles. The zero-order valence-corrected chi connectivity index (χ0v) is 16.6. The average Bonchev–Trinajstić information content (AvgIpc) is 2.57. The van der Waals surface area contributed by atoms with Crippen molar-refractivity contribution in [1.29, 1.82) is 0 Å². The van der Waals surface area contributed by atoms with Gasteiger partial charge >= 0.3 is 0 Å². The Kier molecular flexibility index (Phi) is 6.51. The summed E-state index contributed by atoms with van der Waals surface area (Å²) in [7, 11) is 3.10. The third-order valence-corrected chi connectivity index (χ3v) is 4.35. The molecule has 0 aliphatic carbocycles. The number of halogens is 2. The van der Waals surface area contributed by atoms with Crippen molar-refractivity contribution in [3.63, 3.8) is 0 Å². The van der Waals surface area contributed by atoms with Gasteiger partial charge in [0.25, 0.3) is 5.91 Å². The van der Waals surface area contributed by atoms with Crippen LogP contribution in [0.1, 0.15) is 6.92 Å². The van der Waals surface area contributed by atoms with Crippen molar-refractivity contribution in [1.82, 2.24) is 0 Å². The van der Waals surface area contributed by atoms with Crippen molar-refractivity contribution < 1.29 is 19.0 Å². The highest BCUT2D eigenvalue weighted by Gasteiger charge is 2.18. The zero-order chi connectivity index (χ0) is 17.7. The Morgan fingerprint density at radius 2 is 1.79 bits per heavy atom. The van der Waals surface area contributed by atoms with Gasteiger partial charge in [0.2, 0.25) is 0 Å². The molecule has 0 spiro atoms. The van der Waals surface area contributed by atoms with Crippen LogP contribution < -0.4 is 19.5 Å². The maximum absolute atomic E-state index is 12.4. The molecule has 5 nitrogen and oxygen atoms in total. The van der Waals surface area contributed by atoms with Gasteiger partial charge in [-0.1, -0.05) is 15.9 Å². The van der Waals surface area contributed by atoms with E-state index in [1.54, 1.807) is 38.3 Å². The molecule has 1 N–H and O–H groups in total. The van der Waals surface area contributed by atoms with Crippen LogP contribution in [0.5, 0.6) is 17.2 Å². The molecule has 0 heterocycles. The maximum Gasteiger partial charge on any atom is 0.265 e. The lowest BCUT2D eigenvalue weighted by atomic mass is 10.2. The molecule has 0 aromatic heterocycles. The first-order chi connectivity index (χ1) is 11.4. The highest BCUT2D eigenvalue weighted by molar-refractivity contribution is 9.11. The minimum absolute atomic E-state index is 0.284. The molecule has 0 aliphatic rings. The fourth-order valence-electron chi connectivity index (χ4n) is 1.95. The normalized spacial score (nSPS) is 11.5. The van der Waals surface area contributed by atoms with E-state index in [9.17, 15) is 4.79 Å². The van der Waals surface area contributed by atoms with Crippen molar-refractivity contribution >= 4 is 43.5 Å². The van der Waals surface area contributed by atoms with Gasteiger partial charge in [0.15, 0.2) is 6.10 Å². The minimum Gasteiger partial charge on any atom is -0.497 e. The molecule has 0 unspecified atom stereocenters. The molecule has 24 heavy (non-hydrogen) atoms. The fourth-order valence-corrected chi connectivity index (χ4v) is 3.09. The van der Waals surface area contributed by atoms with Crippen molar-refractivity contribution in [2.75, 3.05) is 19.5 Å². The Labute approximate surface area is 157 Å². The van der Waals surface area contributed by atoms with Crippen LogP contribution in [0.3, 0.4) is 0 Å². The fraction of sp³-hybridized carbons (Fsp3) is 0.235. The van der Waals surface area contributed by atoms with E-state index < -0.39 is 6.10 Å². The summed E-state index contributed by atoms with van der Waals surface area (Å²) in [6, 6.07) is 10.6. The van der Waals surface area contributed by atoms with Crippen LogP contribution in [0.4, 0.5) is 5.69 Å². The van der Waals surface area contributed by atoms with Gasteiger partial charge in [0.05, 0.1) is 24.4 Å². The minimum atomic E-state index is -0.686. The summed E-state index contributed by atoms with van der Waals surface area (Å²) in [5, 5.41) is 2.79. The van der Waals surface area contributed by atoms with Gasteiger partial charge in [0, 0.05) is 10.5 Å². The number of hydrogen-bond acceptors (Lipinski definition) is 4. The highest BCUT2D eigenvalue weighted by Crippen LogP contribution is 2.31. The number of carbonyl (C=O) groups is 1. The first-order valence-electron chi connectivity index (χ1n) is 7.09. The van der Waals surface area contributed by atoms with E-state index in [0.717, 1.165) is 8.95 Å². The van der Waals surface area contributed by atoms with Crippen molar-refractivity contribution in [2.24, 2.45) is 0 Å². The number of methoxy groups -OCH3 is 2. The number of benzene rings is 2. The van der Waals surface area contributed by atoms with Gasteiger partial charge in [0.1, 0.15) is 17.2 Å². The van der Waals surface area contributed by atoms with E-state index in [1.807, 2.05) is 12.1 Å². The lowest BCUT2D eigenvalue weighted by molar-refractivity contribution is -0.122. The molecule has 0 fully saturated rings. The monoisotopic (exact) mass is 457 g/mol. The van der Waals surface area contributed by atoms with Crippen LogP contribution in [0, 0.1) is 0 Å². The second-order valence-electron chi connectivity index (χ2n) is 4.89. The molecule has 0 saturated carbocycles. The summed E-state index contributed by atoms with van der Waals surface area (Å²) in [5.41, 5.74) is 0.550. The SMILES string of the molecule is COc1ccc(NC(=O)[C@@H](C)Oc2ccc(Br)cc2Br)c(OC)c1. The topological polar surface area (TPSA) is 56.8 Å². The molecule has 2 aromatic carbocycles. The summed E-state index contributed by atoms with van der Waals surface area (Å²) in [5.74, 6) is 1.46. The second kappa shape index (κ2) is 8.39. The first kappa shape index (κ1) is 18.6. The summed E-state index contributed by atoms with van der Waals surface area (Å²) < 4.78 is 17.8. The number of nitrogens with one attached hydrogen (secondary N) is 1.